The molecule has 0 amide bonds. The van der Waals surface area contributed by atoms with Crippen LogP contribution in [0.3, 0.4) is 0 Å². The third kappa shape index (κ3) is 1.88. The molecule has 0 atom stereocenters. The average Bonchev–Trinajstić information content (AvgIpc) is 2.38. The molecule has 1 nitrogen and oxygen atoms in total. The van der Waals surface area contributed by atoms with E-state index in [0.29, 0.717) is 0 Å². The van der Waals surface area contributed by atoms with E-state index < -0.39 is 0 Å². The Labute approximate surface area is 107 Å². The highest BCUT2D eigenvalue weighted by Gasteiger charge is 2.03. The Bertz CT molecular complexity index is 714. The van der Waals surface area contributed by atoms with Crippen LogP contribution in [0.1, 0.15) is 11.1 Å². The van der Waals surface area contributed by atoms with Crippen molar-refractivity contribution in [3.05, 3.63) is 65.9 Å². The van der Waals surface area contributed by atoms with Crippen molar-refractivity contribution in [2.45, 2.75) is 13.8 Å². The first-order valence-corrected chi connectivity index (χ1v) is 6.16. The molecular formula is C17H15N. The topological polar surface area (TPSA) is 12.9 Å². The van der Waals surface area contributed by atoms with Crippen LogP contribution in [-0.2, 0) is 0 Å². The van der Waals surface area contributed by atoms with Crippen molar-refractivity contribution in [1.82, 2.24) is 4.98 Å². The second-order valence-electron chi connectivity index (χ2n) is 4.74. The summed E-state index contributed by atoms with van der Waals surface area (Å²) in [5.41, 5.74) is 4.80. The molecule has 0 radical (unpaired) electrons. The number of pyridine rings is 1. The van der Waals surface area contributed by atoms with Crippen LogP contribution in [-0.4, -0.2) is 4.98 Å². The molecule has 3 rings (SSSR count). The maximum atomic E-state index is 4.57. The fraction of sp³-hybridized carbons (Fsp3) is 0.118. The van der Waals surface area contributed by atoms with Gasteiger partial charge in [0.15, 0.2) is 0 Å². The molecule has 0 bridgehead atoms. The Morgan fingerprint density at radius 2 is 1.67 bits per heavy atom. The SMILES string of the molecule is Cc1ccc2cnc(-c3ccccc3C)cc2c1. The first-order chi connectivity index (χ1) is 8.74. The monoisotopic (exact) mass is 233 g/mol. The lowest BCUT2D eigenvalue weighted by atomic mass is 10.0. The van der Waals surface area contributed by atoms with Crippen LogP contribution in [0.5, 0.6) is 0 Å². The third-order valence-electron chi connectivity index (χ3n) is 3.30. The maximum absolute atomic E-state index is 4.57. The Balaban J connectivity index is 2.22. The lowest BCUT2D eigenvalue weighted by molar-refractivity contribution is 1.33. The fourth-order valence-corrected chi connectivity index (χ4v) is 2.27. The lowest BCUT2D eigenvalue weighted by Gasteiger charge is -2.06. The number of hydrogen-bond donors (Lipinski definition) is 0. The van der Waals surface area contributed by atoms with Crippen molar-refractivity contribution < 1.29 is 0 Å². The minimum Gasteiger partial charge on any atom is -0.256 e. The number of benzene rings is 2. The first-order valence-electron chi connectivity index (χ1n) is 6.16. The molecule has 0 unspecified atom stereocenters. The highest BCUT2D eigenvalue weighted by molar-refractivity contribution is 5.86. The van der Waals surface area contributed by atoms with Crippen LogP contribution >= 0.6 is 0 Å². The summed E-state index contributed by atoms with van der Waals surface area (Å²) >= 11 is 0. The van der Waals surface area contributed by atoms with Crippen LogP contribution < -0.4 is 0 Å². The summed E-state index contributed by atoms with van der Waals surface area (Å²) in [7, 11) is 0. The van der Waals surface area contributed by atoms with Crippen molar-refractivity contribution in [2.24, 2.45) is 0 Å². The molecule has 88 valence electrons. The summed E-state index contributed by atoms with van der Waals surface area (Å²) in [4.78, 5) is 4.57. The van der Waals surface area contributed by atoms with E-state index in [1.54, 1.807) is 0 Å². The Morgan fingerprint density at radius 1 is 0.833 bits per heavy atom. The minimum absolute atomic E-state index is 1.05. The summed E-state index contributed by atoms with van der Waals surface area (Å²) in [5, 5.41) is 2.45. The van der Waals surface area contributed by atoms with E-state index in [0.717, 1.165) is 5.69 Å². The van der Waals surface area contributed by atoms with E-state index in [4.69, 9.17) is 0 Å². The van der Waals surface area contributed by atoms with Crippen molar-refractivity contribution in [2.75, 3.05) is 0 Å². The smallest absolute Gasteiger partial charge is 0.0711 e. The standard InChI is InChI=1S/C17H15N/c1-12-7-8-14-11-18-17(10-15(14)9-12)16-6-4-3-5-13(16)2/h3-11H,1-2H3. The molecule has 1 aromatic heterocycles. The molecule has 0 saturated carbocycles. The zero-order valence-corrected chi connectivity index (χ0v) is 10.6. The van der Waals surface area contributed by atoms with Crippen LogP contribution in [0.2, 0.25) is 0 Å². The van der Waals surface area contributed by atoms with Crippen LogP contribution in [0.15, 0.2) is 54.7 Å². The van der Waals surface area contributed by atoms with Gasteiger partial charge in [-0.15, -0.1) is 0 Å². The van der Waals surface area contributed by atoms with E-state index in [9.17, 15) is 0 Å². The van der Waals surface area contributed by atoms with Gasteiger partial charge in [0.2, 0.25) is 0 Å². The van der Waals surface area contributed by atoms with Crippen molar-refractivity contribution >= 4 is 10.8 Å². The number of aryl methyl sites for hydroxylation is 2. The second kappa shape index (κ2) is 4.26. The zero-order chi connectivity index (χ0) is 12.5. The molecule has 18 heavy (non-hydrogen) atoms. The number of hydrogen-bond acceptors (Lipinski definition) is 1. The molecule has 0 N–H and O–H groups in total. The molecule has 0 aliphatic carbocycles. The van der Waals surface area contributed by atoms with Crippen LogP contribution in [0.25, 0.3) is 22.0 Å². The molecule has 3 aromatic rings. The Kier molecular flexibility index (Phi) is 2.60. The van der Waals surface area contributed by atoms with Gasteiger partial charge in [-0.25, -0.2) is 0 Å². The normalized spacial score (nSPS) is 10.8. The lowest BCUT2D eigenvalue weighted by Crippen LogP contribution is -1.87. The van der Waals surface area contributed by atoms with Gasteiger partial charge in [0.1, 0.15) is 0 Å². The van der Waals surface area contributed by atoms with Gasteiger partial charge in [0.05, 0.1) is 5.69 Å². The molecule has 1 heterocycles. The van der Waals surface area contributed by atoms with E-state index in [2.05, 4.69) is 67.4 Å². The van der Waals surface area contributed by atoms with Gasteiger partial charge in [-0.05, 0) is 30.9 Å². The predicted octanol–water partition coefficient (Wildman–Crippen LogP) is 4.52. The molecule has 0 spiro atoms. The van der Waals surface area contributed by atoms with Gasteiger partial charge in [0, 0.05) is 17.1 Å². The van der Waals surface area contributed by atoms with Gasteiger partial charge in [-0.2, -0.15) is 0 Å². The third-order valence-corrected chi connectivity index (χ3v) is 3.30. The van der Waals surface area contributed by atoms with Gasteiger partial charge in [-0.3, -0.25) is 4.98 Å². The summed E-state index contributed by atoms with van der Waals surface area (Å²) < 4.78 is 0. The quantitative estimate of drug-likeness (QED) is 0.602. The molecular weight excluding hydrogens is 218 g/mol. The van der Waals surface area contributed by atoms with Crippen LogP contribution in [0, 0.1) is 13.8 Å². The molecule has 1 heteroatoms. The summed E-state index contributed by atoms with van der Waals surface area (Å²) in [5.74, 6) is 0. The maximum Gasteiger partial charge on any atom is 0.0711 e. The van der Waals surface area contributed by atoms with Crippen molar-refractivity contribution in [3.8, 4) is 11.3 Å². The van der Waals surface area contributed by atoms with E-state index in [1.807, 2.05) is 6.20 Å². The number of nitrogens with zero attached hydrogens (tertiary/aromatic N) is 1. The molecule has 0 aliphatic rings. The number of aromatic nitrogens is 1. The van der Waals surface area contributed by atoms with Crippen molar-refractivity contribution in [3.63, 3.8) is 0 Å². The molecule has 0 saturated heterocycles. The summed E-state index contributed by atoms with van der Waals surface area (Å²) in [6, 6.07) is 17.0. The largest absolute Gasteiger partial charge is 0.256 e. The summed E-state index contributed by atoms with van der Waals surface area (Å²) in [6.45, 7) is 4.24. The van der Waals surface area contributed by atoms with E-state index >= 15 is 0 Å². The first kappa shape index (κ1) is 11.0. The van der Waals surface area contributed by atoms with E-state index in [-0.39, 0.29) is 0 Å². The molecule has 2 aromatic carbocycles. The average molecular weight is 233 g/mol. The van der Waals surface area contributed by atoms with Crippen molar-refractivity contribution in [1.29, 1.82) is 0 Å². The highest BCUT2D eigenvalue weighted by atomic mass is 14.7. The van der Waals surface area contributed by atoms with Gasteiger partial charge in [0.25, 0.3) is 0 Å². The summed E-state index contributed by atoms with van der Waals surface area (Å²) in [6.07, 6.45) is 1.95. The number of fused-ring (bicyclic) bond motifs is 1. The van der Waals surface area contributed by atoms with Gasteiger partial charge >= 0.3 is 0 Å². The van der Waals surface area contributed by atoms with Crippen LogP contribution in [0.4, 0.5) is 0 Å². The Hall–Kier alpha value is -2.15. The molecule has 0 fully saturated rings. The van der Waals surface area contributed by atoms with E-state index in [1.165, 1.54) is 27.5 Å². The predicted molar refractivity (Wildman–Crippen MR) is 76.7 cm³/mol. The zero-order valence-electron chi connectivity index (χ0n) is 10.6. The minimum atomic E-state index is 1.05. The Morgan fingerprint density at radius 3 is 2.50 bits per heavy atom. The number of rotatable bonds is 1. The molecule has 0 aliphatic heterocycles. The highest BCUT2D eigenvalue weighted by Crippen LogP contribution is 2.24. The van der Waals surface area contributed by atoms with Gasteiger partial charge in [-0.1, -0.05) is 48.0 Å². The second-order valence-corrected chi connectivity index (χ2v) is 4.74. The fourth-order valence-electron chi connectivity index (χ4n) is 2.27. The van der Waals surface area contributed by atoms with Gasteiger partial charge < -0.3 is 0 Å².